The molecule has 3 N–H and O–H groups in total. The van der Waals surface area contributed by atoms with Gasteiger partial charge in [0.25, 0.3) is 9.84 Å². The molecular weight excluding hydrogens is 293 g/mol. The summed E-state index contributed by atoms with van der Waals surface area (Å²) < 4.78 is 59.4. The van der Waals surface area contributed by atoms with Crippen molar-refractivity contribution >= 4 is 15.5 Å². The average Bonchev–Trinajstić information content (AvgIpc) is 2.32. The molecule has 20 heavy (non-hydrogen) atoms. The summed E-state index contributed by atoms with van der Waals surface area (Å²) in [5.74, 6) is 0.462. The maximum absolute atomic E-state index is 12.3. The number of hydrogen-bond acceptors (Lipinski definition) is 4. The summed E-state index contributed by atoms with van der Waals surface area (Å²) >= 11 is 0. The van der Waals surface area contributed by atoms with Crippen LogP contribution in [0.2, 0.25) is 0 Å². The summed E-state index contributed by atoms with van der Waals surface area (Å²) in [5, 5.41) is 3.05. The number of halogens is 3. The predicted octanol–water partition coefficient (Wildman–Crippen LogP) is 2.13. The van der Waals surface area contributed by atoms with Crippen LogP contribution in [-0.4, -0.2) is 26.5 Å². The molecule has 1 aliphatic carbocycles. The Morgan fingerprint density at radius 1 is 1.20 bits per heavy atom. The minimum Gasteiger partial charge on any atom is -0.385 e. The van der Waals surface area contributed by atoms with Crippen molar-refractivity contribution in [2.24, 2.45) is 11.7 Å². The number of anilines is 1. The molecule has 1 aromatic rings. The first-order chi connectivity index (χ1) is 9.20. The van der Waals surface area contributed by atoms with Crippen LogP contribution in [0, 0.1) is 5.92 Å². The molecule has 0 spiro atoms. The summed E-state index contributed by atoms with van der Waals surface area (Å²) in [4.78, 5) is -0.749. The van der Waals surface area contributed by atoms with Crippen molar-refractivity contribution in [3.8, 4) is 0 Å². The summed E-state index contributed by atoms with van der Waals surface area (Å²) in [7, 11) is -5.27. The zero-order valence-corrected chi connectivity index (χ0v) is 11.3. The Morgan fingerprint density at radius 2 is 1.75 bits per heavy atom. The summed E-state index contributed by atoms with van der Waals surface area (Å²) in [6.07, 6.45) is 1.85. The number of benzene rings is 1. The lowest BCUT2D eigenvalue weighted by molar-refractivity contribution is -0.0436. The van der Waals surface area contributed by atoms with E-state index in [9.17, 15) is 21.6 Å². The second-order valence-electron chi connectivity index (χ2n) is 4.95. The largest absolute Gasteiger partial charge is 0.501 e. The molecule has 0 unspecified atom stereocenters. The van der Waals surface area contributed by atoms with Crippen molar-refractivity contribution in [3.63, 3.8) is 0 Å². The van der Waals surface area contributed by atoms with E-state index in [2.05, 4.69) is 5.32 Å². The van der Waals surface area contributed by atoms with Crippen LogP contribution < -0.4 is 11.1 Å². The Bertz CT molecular complexity index is 563. The van der Waals surface area contributed by atoms with E-state index in [4.69, 9.17) is 5.73 Å². The number of nitrogens with one attached hydrogen (secondary N) is 1. The number of rotatable bonds is 4. The molecule has 0 aromatic heterocycles. The highest BCUT2D eigenvalue weighted by Gasteiger charge is 2.46. The van der Waals surface area contributed by atoms with Crippen LogP contribution in [0.3, 0.4) is 0 Å². The molecule has 0 bridgehead atoms. The lowest BCUT2D eigenvalue weighted by atomic mass is 9.81. The lowest BCUT2D eigenvalue weighted by Gasteiger charge is -2.32. The average molecular weight is 308 g/mol. The van der Waals surface area contributed by atoms with Crippen molar-refractivity contribution in [2.45, 2.75) is 29.3 Å². The number of nitrogens with two attached hydrogens (primary N) is 1. The van der Waals surface area contributed by atoms with Gasteiger partial charge in [-0.2, -0.15) is 13.2 Å². The Hall–Kier alpha value is -1.28. The number of alkyl halides is 3. The molecule has 0 amide bonds. The molecule has 2 rings (SSSR count). The Balaban J connectivity index is 2.00. The zero-order chi connectivity index (χ0) is 15.0. The van der Waals surface area contributed by atoms with Crippen molar-refractivity contribution in [3.05, 3.63) is 24.3 Å². The van der Waals surface area contributed by atoms with Gasteiger partial charge in [-0.15, -0.1) is 0 Å². The molecule has 4 nitrogen and oxygen atoms in total. The SMILES string of the molecule is NC1CC(CNc2ccc(S(=O)(=O)C(F)(F)F)cc2)C1. The third-order valence-electron chi connectivity index (χ3n) is 3.34. The van der Waals surface area contributed by atoms with Gasteiger partial charge in [0.1, 0.15) is 0 Å². The van der Waals surface area contributed by atoms with Gasteiger partial charge in [-0.25, -0.2) is 8.42 Å². The van der Waals surface area contributed by atoms with Crippen LogP contribution in [-0.2, 0) is 9.84 Å². The molecule has 1 saturated carbocycles. The fourth-order valence-corrected chi connectivity index (χ4v) is 2.86. The van der Waals surface area contributed by atoms with E-state index in [-0.39, 0.29) is 6.04 Å². The summed E-state index contributed by atoms with van der Waals surface area (Å²) in [6, 6.07) is 4.81. The van der Waals surface area contributed by atoms with Gasteiger partial charge in [0.15, 0.2) is 0 Å². The van der Waals surface area contributed by atoms with Crippen molar-refractivity contribution in [1.82, 2.24) is 0 Å². The first kappa shape index (κ1) is 15.1. The van der Waals surface area contributed by atoms with Gasteiger partial charge < -0.3 is 11.1 Å². The summed E-state index contributed by atoms with van der Waals surface area (Å²) in [5.41, 5.74) is 0.961. The smallest absolute Gasteiger partial charge is 0.385 e. The van der Waals surface area contributed by atoms with E-state index >= 15 is 0 Å². The third-order valence-corrected chi connectivity index (χ3v) is 4.84. The van der Waals surface area contributed by atoms with Gasteiger partial charge in [-0.3, -0.25) is 0 Å². The van der Waals surface area contributed by atoms with Crippen LogP contribution in [0.1, 0.15) is 12.8 Å². The summed E-state index contributed by atoms with van der Waals surface area (Å²) in [6.45, 7) is 0.680. The Kier molecular flexibility index (Phi) is 3.97. The van der Waals surface area contributed by atoms with Gasteiger partial charge in [-0.1, -0.05) is 0 Å². The maximum Gasteiger partial charge on any atom is 0.501 e. The van der Waals surface area contributed by atoms with Gasteiger partial charge in [-0.05, 0) is 43.0 Å². The highest BCUT2D eigenvalue weighted by atomic mass is 32.2. The van der Waals surface area contributed by atoms with Crippen LogP contribution >= 0.6 is 0 Å². The van der Waals surface area contributed by atoms with E-state index in [1.165, 1.54) is 12.1 Å². The van der Waals surface area contributed by atoms with E-state index in [1.54, 1.807) is 0 Å². The fourth-order valence-electron chi connectivity index (χ4n) is 2.10. The van der Waals surface area contributed by atoms with Crippen LogP contribution in [0.25, 0.3) is 0 Å². The molecule has 1 aromatic carbocycles. The molecule has 0 aliphatic heterocycles. The van der Waals surface area contributed by atoms with Crippen molar-refractivity contribution < 1.29 is 21.6 Å². The third kappa shape index (κ3) is 3.06. The molecular formula is C12H15F3N2O2S. The van der Waals surface area contributed by atoms with Gasteiger partial charge in [0.2, 0.25) is 0 Å². The molecule has 1 aliphatic rings. The minimum atomic E-state index is -5.27. The second-order valence-corrected chi connectivity index (χ2v) is 6.89. The van der Waals surface area contributed by atoms with E-state index in [0.29, 0.717) is 18.2 Å². The Morgan fingerprint density at radius 3 is 2.20 bits per heavy atom. The molecule has 8 heteroatoms. The van der Waals surface area contributed by atoms with E-state index in [0.717, 1.165) is 25.0 Å². The lowest BCUT2D eigenvalue weighted by Crippen LogP contribution is -2.39. The highest BCUT2D eigenvalue weighted by Crippen LogP contribution is 2.31. The van der Waals surface area contributed by atoms with E-state index < -0.39 is 20.2 Å². The number of sulfone groups is 1. The van der Waals surface area contributed by atoms with Crippen LogP contribution in [0.15, 0.2) is 29.2 Å². The van der Waals surface area contributed by atoms with Gasteiger partial charge in [0.05, 0.1) is 4.90 Å². The number of hydrogen-bond donors (Lipinski definition) is 2. The van der Waals surface area contributed by atoms with E-state index in [1.807, 2.05) is 0 Å². The first-order valence-corrected chi connectivity index (χ1v) is 7.59. The quantitative estimate of drug-likeness (QED) is 0.894. The zero-order valence-electron chi connectivity index (χ0n) is 10.5. The monoisotopic (exact) mass is 308 g/mol. The molecule has 0 atom stereocenters. The Labute approximate surface area is 115 Å². The molecule has 112 valence electrons. The van der Waals surface area contributed by atoms with Crippen LogP contribution in [0.5, 0.6) is 0 Å². The minimum absolute atomic E-state index is 0.237. The molecule has 1 fully saturated rings. The standard InChI is InChI=1S/C12H15F3N2O2S/c13-12(14,15)20(18,19)11-3-1-10(2-4-11)17-7-8-5-9(16)6-8/h1-4,8-9,17H,5-7,16H2. The maximum atomic E-state index is 12.3. The topological polar surface area (TPSA) is 72.2 Å². The normalized spacial score (nSPS) is 23.2. The molecule has 0 radical (unpaired) electrons. The first-order valence-electron chi connectivity index (χ1n) is 6.11. The van der Waals surface area contributed by atoms with Crippen molar-refractivity contribution in [1.29, 1.82) is 0 Å². The second kappa shape index (κ2) is 5.25. The highest BCUT2D eigenvalue weighted by molar-refractivity contribution is 7.92. The van der Waals surface area contributed by atoms with Crippen LogP contribution in [0.4, 0.5) is 18.9 Å². The molecule has 0 saturated heterocycles. The van der Waals surface area contributed by atoms with Gasteiger partial charge in [0, 0.05) is 18.3 Å². The predicted molar refractivity (Wildman–Crippen MR) is 68.9 cm³/mol. The fraction of sp³-hybridized carbons (Fsp3) is 0.500. The molecule has 0 heterocycles. The van der Waals surface area contributed by atoms with Gasteiger partial charge >= 0.3 is 5.51 Å². The van der Waals surface area contributed by atoms with Crippen molar-refractivity contribution in [2.75, 3.05) is 11.9 Å².